The van der Waals surface area contributed by atoms with Crippen LogP contribution in [0.4, 0.5) is 11.4 Å². The molecule has 0 spiro atoms. The number of nitrogens with one attached hydrogen (secondary N) is 2. The summed E-state index contributed by atoms with van der Waals surface area (Å²) in [4.78, 5) is 25.6. The quantitative estimate of drug-likeness (QED) is 0.463. The molecule has 0 fully saturated rings. The van der Waals surface area contributed by atoms with Crippen molar-refractivity contribution in [2.75, 3.05) is 36.1 Å². The fourth-order valence-electron chi connectivity index (χ4n) is 3.39. The Morgan fingerprint density at radius 1 is 0.912 bits per heavy atom. The number of amides is 2. The first-order chi connectivity index (χ1) is 16.3. The Morgan fingerprint density at radius 3 is 2.26 bits per heavy atom. The zero-order chi connectivity index (χ0) is 24.6. The van der Waals surface area contributed by atoms with E-state index in [1.165, 1.54) is 7.11 Å². The molecule has 0 aliphatic heterocycles. The van der Waals surface area contributed by atoms with Crippen LogP contribution in [0, 0.1) is 0 Å². The summed E-state index contributed by atoms with van der Waals surface area (Å²) in [6.45, 7) is -0.0516. The standard InChI is InChI=1S/C25H27N3O5S/c1-33-23-15-9-8-14-22(23)28(34(2,31)32)18-24(29)27-21-13-7-6-12-20(21)25(30)26-17-16-19-10-4-3-5-11-19/h3-15H,16-18H2,1-2H3,(H,26,30)(H,27,29). The zero-order valence-corrected chi connectivity index (χ0v) is 19.8. The lowest BCUT2D eigenvalue weighted by Crippen LogP contribution is -2.38. The van der Waals surface area contributed by atoms with Gasteiger partial charge in [0.15, 0.2) is 0 Å². The topological polar surface area (TPSA) is 105 Å². The average molecular weight is 482 g/mol. The number of anilines is 2. The van der Waals surface area contributed by atoms with Crippen molar-refractivity contribution < 1.29 is 22.7 Å². The molecule has 0 radical (unpaired) electrons. The first-order valence-electron chi connectivity index (χ1n) is 10.6. The number of hydrogen-bond donors (Lipinski definition) is 2. The third kappa shape index (κ3) is 6.58. The summed E-state index contributed by atoms with van der Waals surface area (Å²) in [6, 6.07) is 22.9. The molecular formula is C25H27N3O5S. The number of carbonyl (C=O) groups is 2. The molecule has 0 saturated heterocycles. The molecule has 0 atom stereocenters. The van der Waals surface area contributed by atoms with Gasteiger partial charge in [0.1, 0.15) is 12.3 Å². The second kappa shape index (κ2) is 11.3. The predicted octanol–water partition coefficient (Wildman–Crippen LogP) is 3.07. The van der Waals surface area contributed by atoms with Crippen molar-refractivity contribution in [1.82, 2.24) is 5.32 Å². The summed E-state index contributed by atoms with van der Waals surface area (Å²) < 4.78 is 31.1. The van der Waals surface area contributed by atoms with E-state index >= 15 is 0 Å². The van der Waals surface area contributed by atoms with Gasteiger partial charge in [-0.05, 0) is 36.2 Å². The molecule has 0 heterocycles. The molecule has 2 N–H and O–H groups in total. The van der Waals surface area contributed by atoms with Gasteiger partial charge in [-0.15, -0.1) is 0 Å². The molecule has 178 valence electrons. The van der Waals surface area contributed by atoms with E-state index in [9.17, 15) is 18.0 Å². The molecule has 3 aromatic carbocycles. The summed E-state index contributed by atoms with van der Waals surface area (Å²) >= 11 is 0. The van der Waals surface area contributed by atoms with Gasteiger partial charge in [0.05, 0.1) is 30.3 Å². The molecule has 34 heavy (non-hydrogen) atoms. The van der Waals surface area contributed by atoms with Crippen LogP contribution in [-0.2, 0) is 21.2 Å². The highest BCUT2D eigenvalue weighted by molar-refractivity contribution is 7.92. The number of para-hydroxylation sites is 3. The molecule has 0 saturated carbocycles. The molecule has 0 aromatic heterocycles. The third-order valence-corrected chi connectivity index (χ3v) is 6.16. The second-order valence-corrected chi connectivity index (χ2v) is 9.43. The summed E-state index contributed by atoms with van der Waals surface area (Å²) in [7, 11) is -2.37. The number of rotatable bonds is 10. The smallest absolute Gasteiger partial charge is 0.253 e. The minimum Gasteiger partial charge on any atom is -0.495 e. The lowest BCUT2D eigenvalue weighted by molar-refractivity contribution is -0.114. The number of sulfonamides is 1. The Bertz CT molecular complexity index is 1250. The van der Waals surface area contributed by atoms with E-state index < -0.39 is 22.5 Å². The van der Waals surface area contributed by atoms with E-state index in [4.69, 9.17) is 4.74 Å². The minimum atomic E-state index is -3.79. The monoisotopic (exact) mass is 481 g/mol. The Labute approximate surface area is 199 Å². The maximum Gasteiger partial charge on any atom is 0.253 e. The van der Waals surface area contributed by atoms with E-state index in [0.29, 0.717) is 18.7 Å². The van der Waals surface area contributed by atoms with Gasteiger partial charge in [-0.1, -0.05) is 54.6 Å². The molecular weight excluding hydrogens is 454 g/mol. The van der Waals surface area contributed by atoms with Crippen LogP contribution in [0.15, 0.2) is 78.9 Å². The van der Waals surface area contributed by atoms with Crippen molar-refractivity contribution in [2.24, 2.45) is 0 Å². The van der Waals surface area contributed by atoms with E-state index in [-0.39, 0.29) is 22.8 Å². The molecule has 0 unspecified atom stereocenters. The van der Waals surface area contributed by atoms with Gasteiger partial charge in [0.2, 0.25) is 15.9 Å². The number of hydrogen-bond acceptors (Lipinski definition) is 5. The van der Waals surface area contributed by atoms with Crippen LogP contribution in [0.5, 0.6) is 5.75 Å². The number of benzene rings is 3. The number of carbonyl (C=O) groups excluding carboxylic acids is 2. The maximum atomic E-state index is 12.8. The van der Waals surface area contributed by atoms with Crippen molar-refractivity contribution in [3.8, 4) is 5.75 Å². The van der Waals surface area contributed by atoms with Crippen LogP contribution in [0.1, 0.15) is 15.9 Å². The first kappa shape index (κ1) is 24.8. The summed E-state index contributed by atoms with van der Waals surface area (Å²) in [5.41, 5.74) is 1.92. The molecule has 0 bridgehead atoms. The largest absolute Gasteiger partial charge is 0.495 e. The van der Waals surface area contributed by atoms with Crippen molar-refractivity contribution in [1.29, 1.82) is 0 Å². The lowest BCUT2D eigenvalue weighted by Gasteiger charge is -2.23. The highest BCUT2D eigenvalue weighted by Crippen LogP contribution is 2.29. The van der Waals surface area contributed by atoms with Crippen molar-refractivity contribution in [2.45, 2.75) is 6.42 Å². The second-order valence-electron chi connectivity index (χ2n) is 7.53. The summed E-state index contributed by atoms with van der Waals surface area (Å²) in [5, 5.41) is 5.52. The molecule has 0 aliphatic carbocycles. The van der Waals surface area contributed by atoms with Crippen LogP contribution in [-0.4, -0.2) is 46.7 Å². The molecule has 3 aromatic rings. The molecule has 9 heteroatoms. The number of methoxy groups -OCH3 is 1. The lowest BCUT2D eigenvalue weighted by atomic mass is 10.1. The van der Waals surface area contributed by atoms with Crippen LogP contribution in [0.3, 0.4) is 0 Å². The van der Waals surface area contributed by atoms with Gasteiger partial charge >= 0.3 is 0 Å². The van der Waals surface area contributed by atoms with Crippen LogP contribution >= 0.6 is 0 Å². The van der Waals surface area contributed by atoms with Crippen molar-refractivity contribution in [3.05, 3.63) is 90.0 Å². The maximum absolute atomic E-state index is 12.8. The highest BCUT2D eigenvalue weighted by atomic mass is 32.2. The fourth-order valence-corrected chi connectivity index (χ4v) is 4.25. The van der Waals surface area contributed by atoms with Gasteiger partial charge in [-0.2, -0.15) is 0 Å². The first-order valence-corrected chi connectivity index (χ1v) is 12.5. The van der Waals surface area contributed by atoms with E-state index in [1.54, 1.807) is 48.5 Å². The van der Waals surface area contributed by atoms with Crippen molar-refractivity contribution in [3.63, 3.8) is 0 Å². The Morgan fingerprint density at radius 2 is 1.56 bits per heavy atom. The normalized spacial score (nSPS) is 10.9. The van der Waals surface area contributed by atoms with Crippen LogP contribution in [0.2, 0.25) is 0 Å². The SMILES string of the molecule is COc1ccccc1N(CC(=O)Nc1ccccc1C(=O)NCCc1ccccc1)S(C)(=O)=O. The van der Waals surface area contributed by atoms with Gasteiger partial charge in [-0.3, -0.25) is 13.9 Å². The van der Waals surface area contributed by atoms with E-state index in [1.807, 2.05) is 30.3 Å². The Hall–Kier alpha value is -3.85. The molecule has 2 amide bonds. The third-order valence-electron chi connectivity index (χ3n) is 5.03. The Kier molecular flexibility index (Phi) is 8.26. The van der Waals surface area contributed by atoms with Gasteiger partial charge in [-0.25, -0.2) is 8.42 Å². The molecule has 8 nitrogen and oxygen atoms in total. The Balaban J connectivity index is 1.71. The molecule has 3 rings (SSSR count). The zero-order valence-electron chi connectivity index (χ0n) is 19.0. The van der Waals surface area contributed by atoms with Gasteiger partial charge < -0.3 is 15.4 Å². The highest BCUT2D eigenvalue weighted by Gasteiger charge is 2.24. The summed E-state index contributed by atoms with van der Waals surface area (Å²) in [5.74, 6) is -0.615. The number of ether oxygens (including phenoxy) is 1. The summed E-state index contributed by atoms with van der Waals surface area (Å²) in [6.07, 6.45) is 1.68. The average Bonchev–Trinajstić information content (AvgIpc) is 2.83. The van der Waals surface area contributed by atoms with Gasteiger partial charge in [0, 0.05) is 6.54 Å². The van der Waals surface area contributed by atoms with E-state index in [2.05, 4.69) is 10.6 Å². The minimum absolute atomic E-state index is 0.245. The van der Waals surface area contributed by atoms with Crippen LogP contribution < -0.4 is 19.7 Å². The van der Waals surface area contributed by atoms with Gasteiger partial charge in [0.25, 0.3) is 5.91 Å². The number of nitrogens with zero attached hydrogens (tertiary/aromatic N) is 1. The fraction of sp³-hybridized carbons (Fsp3) is 0.200. The predicted molar refractivity (Wildman–Crippen MR) is 133 cm³/mol. The van der Waals surface area contributed by atoms with Crippen molar-refractivity contribution >= 4 is 33.2 Å². The molecule has 0 aliphatic rings. The van der Waals surface area contributed by atoms with Crippen LogP contribution in [0.25, 0.3) is 0 Å². The van der Waals surface area contributed by atoms with E-state index in [0.717, 1.165) is 16.1 Å².